The Labute approximate surface area is 124 Å². The molecule has 2 heterocycles. The maximum atomic E-state index is 12.2. The van der Waals surface area contributed by atoms with Crippen LogP contribution in [0.15, 0.2) is 11.3 Å². The standard InChI is InChI=1S/C11H15IN2O3S/c1-13(2)8-9(15)14-7(11(16)17-3)6(4-12)5-18-10(8)14/h8,10H,4-5H2,1-3H3. The first-order valence-electron chi connectivity index (χ1n) is 5.50. The van der Waals surface area contributed by atoms with E-state index < -0.39 is 5.97 Å². The summed E-state index contributed by atoms with van der Waals surface area (Å²) >= 11 is 3.92. The molecule has 1 fully saturated rings. The number of hydrogen-bond donors (Lipinski definition) is 0. The Balaban J connectivity index is 2.33. The van der Waals surface area contributed by atoms with Crippen molar-refractivity contribution >= 4 is 46.2 Å². The molecule has 0 saturated carbocycles. The Bertz CT molecular complexity index is 425. The number of nitrogens with zero attached hydrogens (tertiary/aromatic N) is 2. The van der Waals surface area contributed by atoms with Gasteiger partial charge in [-0.1, -0.05) is 22.6 Å². The lowest BCUT2D eigenvalue weighted by Crippen LogP contribution is -2.69. The van der Waals surface area contributed by atoms with E-state index in [-0.39, 0.29) is 17.3 Å². The summed E-state index contributed by atoms with van der Waals surface area (Å²) in [6.45, 7) is 0. The largest absolute Gasteiger partial charge is 0.464 e. The molecule has 18 heavy (non-hydrogen) atoms. The van der Waals surface area contributed by atoms with E-state index >= 15 is 0 Å². The highest BCUT2D eigenvalue weighted by molar-refractivity contribution is 14.1. The van der Waals surface area contributed by atoms with Crippen LogP contribution in [0.25, 0.3) is 0 Å². The predicted octanol–water partition coefficient (Wildman–Crippen LogP) is 0.694. The van der Waals surface area contributed by atoms with Crippen molar-refractivity contribution in [1.29, 1.82) is 0 Å². The summed E-state index contributed by atoms with van der Waals surface area (Å²) in [5, 5.41) is 0.0355. The molecule has 1 amide bonds. The van der Waals surface area contributed by atoms with Gasteiger partial charge in [0.2, 0.25) is 5.91 Å². The van der Waals surface area contributed by atoms with Gasteiger partial charge in [-0.2, -0.15) is 0 Å². The number of fused-ring (bicyclic) bond motifs is 1. The van der Waals surface area contributed by atoms with Crippen LogP contribution in [0.1, 0.15) is 0 Å². The Morgan fingerprint density at radius 3 is 2.78 bits per heavy atom. The molecule has 5 nitrogen and oxygen atoms in total. The van der Waals surface area contributed by atoms with Gasteiger partial charge in [0.05, 0.1) is 7.11 Å². The minimum atomic E-state index is -0.405. The van der Waals surface area contributed by atoms with Gasteiger partial charge >= 0.3 is 5.97 Å². The quantitative estimate of drug-likeness (QED) is 0.311. The van der Waals surface area contributed by atoms with Gasteiger partial charge in [0.1, 0.15) is 17.1 Å². The van der Waals surface area contributed by atoms with E-state index in [2.05, 4.69) is 22.6 Å². The second-order valence-electron chi connectivity index (χ2n) is 4.40. The van der Waals surface area contributed by atoms with Crippen LogP contribution in [0.5, 0.6) is 0 Å². The molecule has 0 aliphatic carbocycles. The number of likely N-dealkylation sites (N-methyl/N-ethyl adjacent to an activating group) is 1. The second kappa shape index (κ2) is 5.38. The minimum Gasteiger partial charge on any atom is -0.464 e. The fourth-order valence-corrected chi connectivity index (χ4v) is 4.70. The SMILES string of the molecule is COC(=O)C1=C(CI)CSC2C(N(C)C)C(=O)N12. The maximum Gasteiger partial charge on any atom is 0.354 e. The van der Waals surface area contributed by atoms with Crippen LogP contribution >= 0.6 is 34.4 Å². The molecule has 2 aliphatic heterocycles. The van der Waals surface area contributed by atoms with E-state index in [9.17, 15) is 9.59 Å². The van der Waals surface area contributed by atoms with Crippen LogP contribution in [-0.2, 0) is 14.3 Å². The fraction of sp³-hybridized carbons (Fsp3) is 0.636. The number of methoxy groups -OCH3 is 1. The molecular weight excluding hydrogens is 367 g/mol. The molecule has 0 N–H and O–H groups in total. The molecular formula is C11H15IN2O3S. The Kier molecular flexibility index (Phi) is 4.22. The summed E-state index contributed by atoms with van der Waals surface area (Å²) in [5.74, 6) is 0.365. The fourth-order valence-electron chi connectivity index (χ4n) is 2.19. The summed E-state index contributed by atoms with van der Waals surface area (Å²) < 4.78 is 5.54. The molecule has 0 spiro atoms. The normalized spacial score (nSPS) is 27.2. The number of halogens is 1. The highest BCUT2D eigenvalue weighted by atomic mass is 127. The second-order valence-corrected chi connectivity index (χ2v) is 6.26. The first kappa shape index (κ1) is 14.1. The minimum absolute atomic E-state index is 0.0139. The number of carbonyl (C=O) groups excluding carboxylic acids is 2. The number of carbonyl (C=O) groups is 2. The Morgan fingerprint density at radius 1 is 1.61 bits per heavy atom. The van der Waals surface area contributed by atoms with Crippen molar-refractivity contribution in [3.63, 3.8) is 0 Å². The third-order valence-electron chi connectivity index (χ3n) is 3.12. The molecule has 100 valence electrons. The summed E-state index contributed by atoms with van der Waals surface area (Å²) in [6.07, 6.45) is 0. The highest BCUT2D eigenvalue weighted by Gasteiger charge is 2.54. The molecule has 7 heteroatoms. The Hall–Kier alpha value is -0.280. The predicted molar refractivity (Wildman–Crippen MR) is 78.5 cm³/mol. The van der Waals surface area contributed by atoms with E-state index in [4.69, 9.17) is 4.74 Å². The zero-order valence-electron chi connectivity index (χ0n) is 10.5. The number of hydrogen-bond acceptors (Lipinski definition) is 5. The van der Waals surface area contributed by atoms with Gasteiger partial charge in [0, 0.05) is 10.2 Å². The average molecular weight is 382 g/mol. The van der Waals surface area contributed by atoms with Crippen molar-refractivity contribution in [1.82, 2.24) is 9.80 Å². The van der Waals surface area contributed by atoms with Crippen LogP contribution in [0.3, 0.4) is 0 Å². The van der Waals surface area contributed by atoms with Crippen molar-refractivity contribution in [2.75, 3.05) is 31.4 Å². The van der Waals surface area contributed by atoms with Gasteiger partial charge in [-0.25, -0.2) is 4.79 Å². The van der Waals surface area contributed by atoms with E-state index in [0.717, 1.165) is 15.8 Å². The number of thioether (sulfide) groups is 1. The van der Waals surface area contributed by atoms with Gasteiger partial charge in [-0.05, 0) is 19.7 Å². The van der Waals surface area contributed by atoms with Gasteiger partial charge in [0.25, 0.3) is 0 Å². The first-order valence-corrected chi connectivity index (χ1v) is 8.07. The van der Waals surface area contributed by atoms with Crippen LogP contribution in [0.2, 0.25) is 0 Å². The molecule has 1 saturated heterocycles. The molecule has 0 aromatic heterocycles. The first-order chi connectivity index (χ1) is 8.52. The van der Waals surface area contributed by atoms with Crippen LogP contribution in [-0.4, -0.2) is 64.5 Å². The van der Waals surface area contributed by atoms with Gasteiger partial charge in [0.15, 0.2) is 0 Å². The number of esters is 1. The highest BCUT2D eigenvalue weighted by Crippen LogP contribution is 2.42. The summed E-state index contributed by atoms with van der Waals surface area (Å²) in [4.78, 5) is 27.5. The number of rotatable bonds is 3. The van der Waals surface area contributed by atoms with Crippen molar-refractivity contribution < 1.29 is 14.3 Å². The summed E-state index contributed by atoms with van der Waals surface area (Å²) in [6, 6.07) is -0.134. The molecule has 2 unspecified atom stereocenters. The monoisotopic (exact) mass is 382 g/mol. The van der Waals surface area contributed by atoms with E-state index in [1.54, 1.807) is 16.7 Å². The number of alkyl halides is 1. The molecule has 2 aliphatic rings. The van der Waals surface area contributed by atoms with E-state index in [0.29, 0.717) is 5.70 Å². The van der Waals surface area contributed by atoms with Crippen molar-refractivity contribution in [3.8, 4) is 0 Å². The molecule has 0 aromatic carbocycles. The number of amides is 1. The van der Waals surface area contributed by atoms with Gasteiger partial charge < -0.3 is 4.74 Å². The zero-order valence-corrected chi connectivity index (χ0v) is 13.4. The van der Waals surface area contributed by atoms with Crippen LogP contribution in [0.4, 0.5) is 0 Å². The van der Waals surface area contributed by atoms with Crippen molar-refractivity contribution in [2.45, 2.75) is 11.4 Å². The maximum absolute atomic E-state index is 12.2. The van der Waals surface area contributed by atoms with Crippen LogP contribution < -0.4 is 0 Å². The summed E-state index contributed by atoms with van der Waals surface area (Å²) in [7, 11) is 5.12. The third-order valence-corrected chi connectivity index (χ3v) is 5.36. The van der Waals surface area contributed by atoms with Gasteiger partial charge in [-0.15, -0.1) is 11.8 Å². The van der Waals surface area contributed by atoms with Crippen LogP contribution in [0, 0.1) is 0 Å². The third kappa shape index (κ3) is 2.05. The Morgan fingerprint density at radius 2 is 2.28 bits per heavy atom. The molecule has 0 radical (unpaired) electrons. The lowest BCUT2D eigenvalue weighted by atomic mass is 10.0. The molecule has 2 atom stereocenters. The van der Waals surface area contributed by atoms with Gasteiger partial charge in [-0.3, -0.25) is 14.6 Å². The average Bonchev–Trinajstić information content (AvgIpc) is 2.35. The lowest BCUT2D eigenvalue weighted by Gasteiger charge is -2.51. The van der Waals surface area contributed by atoms with Crippen molar-refractivity contribution in [3.05, 3.63) is 11.3 Å². The molecule has 2 rings (SSSR count). The number of ether oxygens (including phenoxy) is 1. The smallest absolute Gasteiger partial charge is 0.354 e. The van der Waals surface area contributed by atoms with E-state index in [1.807, 2.05) is 19.0 Å². The summed E-state index contributed by atoms with van der Waals surface area (Å²) in [5.41, 5.74) is 1.44. The zero-order chi connectivity index (χ0) is 13.4. The lowest BCUT2D eigenvalue weighted by molar-refractivity contribution is -0.154. The van der Waals surface area contributed by atoms with E-state index in [1.165, 1.54) is 7.11 Å². The topological polar surface area (TPSA) is 49.9 Å². The molecule has 0 bridgehead atoms. The molecule has 0 aromatic rings. The number of β-lactam (4-membered cyclic amide) rings is 1. The van der Waals surface area contributed by atoms with Crippen molar-refractivity contribution in [2.24, 2.45) is 0 Å².